The number of esters is 2. The van der Waals surface area contributed by atoms with Gasteiger partial charge >= 0.3 is 11.9 Å². The monoisotopic (exact) mass is 447 g/mol. The zero-order valence-corrected chi connectivity index (χ0v) is 19.5. The molecule has 170 valence electrons. The van der Waals surface area contributed by atoms with Crippen molar-refractivity contribution in [2.75, 3.05) is 18.5 Å². The molecule has 7 heteroatoms. The summed E-state index contributed by atoms with van der Waals surface area (Å²) >= 11 is 1.36. The van der Waals surface area contributed by atoms with E-state index in [1.807, 2.05) is 13.8 Å². The third-order valence-corrected chi connectivity index (χ3v) is 8.47. The van der Waals surface area contributed by atoms with Gasteiger partial charge in [0.2, 0.25) is 0 Å². The molecule has 5 rings (SSSR count). The first kappa shape index (κ1) is 22.3. The van der Waals surface area contributed by atoms with Gasteiger partial charge in [-0.05, 0) is 80.6 Å². The second kappa shape index (κ2) is 8.93. The minimum absolute atomic E-state index is 0.0965. The van der Waals surface area contributed by atoms with Gasteiger partial charge in [0, 0.05) is 4.88 Å². The van der Waals surface area contributed by atoms with E-state index in [0.717, 1.165) is 41.9 Å². The van der Waals surface area contributed by atoms with E-state index in [4.69, 9.17) is 9.47 Å². The molecule has 0 unspecified atom stereocenters. The Morgan fingerprint density at radius 2 is 1.71 bits per heavy atom. The van der Waals surface area contributed by atoms with Gasteiger partial charge in [-0.25, -0.2) is 4.79 Å². The van der Waals surface area contributed by atoms with Crippen LogP contribution < -0.4 is 5.32 Å². The summed E-state index contributed by atoms with van der Waals surface area (Å²) in [7, 11) is 0. The fraction of sp³-hybridized carbons (Fsp3) is 0.708. The van der Waals surface area contributed by atoms with Gasteiger partial charge in [0.05, 0.1) is 18.6 Å². The molecule has 1 heterocycles. The second-order valence-electron chi connectivity index (χ2n) is 10.1. The smallest absolute Gasteiger partial charge is 0.341 e. The SMILES string of the molecule is CCOC(=O)c1cc(C(C)C)sc1NC(=O)COC(=O)CC12CC3CC(CC(C3)C1)C2. The molecule has 0 aromatic carbocycles. The summed E-state index contributed by atoms with van der Waals surface area (Å²) in [4.78, 5) is 38.3. The van der Waals surface area contributed by atoms with Crippen molar-refractivity contribution in [2.24, 2.45) is 23.2 Å². The lowest BCUT2D eigenvalue weighted by atomic mass is 9.49. The van der Waals surface area contributed by atoms with Crippen molar-refractivity contribution in [3.8, 4) is 0 Å². The minimum atomic E-state index is -0.459. The van der Waals surface area contributed by atoms with E-state index >= 15 is 0 Å². The van der Waals surface area contributed by atoms with E-state index in [9.17, 15) is 14.4 Å². The first-order valence-corrected chi connectivity index (χ1v) is 12.3. The van der Waals surface area contributed by atoms with Gasteiger partial charge in [-0.1, -0.05) is 13.8 Å². The Labute approximate surface area is 188 Å². The zero-order chi connectivity index (χ0) is 22.2. The molecule has 6 nitrogen and oxygen atoms in total. The van der Waals surface area contributed by atoms with Crippen molar-refractivity contribution in [1.82, 2.24) is 0 Å². The third kappa shape index (κ3) is 4.97. The molecule has 1 amide bonds. The number of hydrogen-bond donors (Lipinski definition) is 1. The van der Waals surface area contributed by atoms with Gasteiger partial charge < -0.3 is 14.8 Å². The minimum Gasteiger partial charge on any atom is -0.462 e. The Morgan fingerprint density at radius 3 is 2.26 bits per heavy atom. The summed E-state index contributed by atoms with van der Waals surface area (Å²) in [6.07, 6.45) is 7.83. The average molecular weight is 448 g/mol. The highest BCUT2D eigenvalue weighted by molar-refractivity contribution is 7.16. The number of rotatable bonds is 8. The van der Waals surface area contributed by atoms with Crippen molar-refractivity contribution in [2.45, 2.75) is 71.6 Å². The lowest BCUT2D eigenvalue weighted by molar-refractivity contribution is -0.154. The first-order valence-electron chi connectivity index (χ1n) is 11.5. The van der Waals surface area contributed by atoms with Crippen LogP contribution >= 0.6 is 11.3 Å². The molecule has 31 heavy (non-hydrogen) atoms. The highest BCUT2D eigenvalue weighted by Crippen LogP contribution is 2.61. The van der Waals surface area contributed by atoms with Crippen LogP contribution in [0.2, 0.25) is 0 Å². The van der Waals surface area contributed by atoms with Crippen LogP contribution in [0.4, 0.5) is 5.00 Å². The van der Waals surface area contributed by atoms with Crippen LogP contribution in [0, 0.1) is 23.2 Å². The molecule has 1 aromatic rings. The van der Waals surface area contributed by atoms with Gasteiger partial charge in [0.25, 0.3) is 5.91 Å². The molecule has 0 radical (unpaired) electrons. The molecule has 4 aliphatic carbocycles. The summed E-state index contributed by atoms with van der Waals surface area (Å²) in [5.74, 6) is 1.38. The number of ether oxygens (including phenoxy) is 2. The van der Waals surface area contributed by atoms with Gasteiger partial charge in [-0.2, -0.15) is 0 Å². The third-order valence-electron chi connectivity index (χ3n) is 7.12. The van der Waals surface area contributed by atoms with Gasteiger partial charge in [0.15, 0.2) is 6.61 Å². The molecule has 0 spiro atoms. The van der Waals surface area contributed by atoms with Crippen molar-refractivity contribution in [1.29, 1.82) is 0 Å². The zero-order valence-electron chi connectivity index (χ0n) is 18.7. The number of amides is 1. The van der Waals surface area contributed by atoms with Gasteiger partial charge in [-0.3, -0.25) is 9.59 Å². The van der Waals surface area contributed by atoms with Crippen LogP contribution in [0.25, 0.3) is 0 Å². The van der Waals surface area contributed by atoms with E-state index in [2.05, 4.69) is 5.32 Å². The van der Waals surface area contributed by atoms with Crippen molar-refractivity contribution >= 4 is 34.2 Å². The van der Waals surface area contributed by atoms with Crippen LogP contribution in [0.3, 0.4) is 0 Å². The molecule has 0 saturated heterocycles. The molecular weight excluding hydrogens is 414 g/mol. The molecule has 0 aliphatic heterocycles. The van der Waals surface area contributed by atoms with E-state index < -0.39 is 11.9 Å². The summed E-state index contributed by atoms with van der Waals surface area (Å²) in [6.45, 7) is 5.73. The molecule has 4 saturated carbocycles. The maximum Gasteiger partial charge on any atom is 0.341 e. The molecule has 1 N–H and O–H groups in total. The Hall–Kier alpha value is -1.89. The number of carbonyl (C=O) groups excluding carboxylic acids is 3. The Morgan fingerprint density at radius 1 is 1.10 bits per heavy atom. The molecule has 4 fully saturated rings. The lowest BCUT2D eigenvalue weighted by Gasteiger charge is -2.56. The average Bonchev–Trinajstić information content (AvgIpc) is 3.09. The fourth-order valence-corrected chi connectivity index (χ4v) is 7.39. The summed E-state index contributed by atoms with van der Waals surface area (Å²) in [6, 6.07) is 1.77. The molecule has 4 aliphatic rings. The number of carbonyl (C=O) groups is 3. The second-order valence-corrected chi connectivity index (χ2v) is 11.2. The Bertz CT molecular complexity index is 823. The molecular formula is C24H33NO5S. The first-order chi connectivity index (χ1) is 14.8. The van der Waals surface area contributed by atoms with E-state index in [0.29, 0.717) is 17.0 Å². The fourth-order valence-electron chi connectivity index (χ4n) is 6.32. The summed E-state index contributed by atoms with van der Waals surface area (Å²) in [5, 5.41) is 3.19. The summed E-state index contributed by atoms with van der Waals surface area (Å²) in [5.41, 5.74) is 0.447. The van der Waals surface area contributed by atoms with Crippen molar-refractivity contribution in [3.05, 3.63) is 16.5 Å². The predicted octanol–water partition coefficient (Wildman–Crippen LogP) is 5.14. The van der Waals surface area contributed by atoms with E-state index in [1.54, 1.807) is 13.0 Å². The number of anilines is 1. The van der Waals surface area contributed by atoms with Crippen LogP contribution in [0.15, 0.2) is 6.07 Å². The van der Waals surface area contributed by atoms with Crippen LogP contribution in [0.1, 0.15) is 86.9 Å². The highest BCUT2D eigenvalue weighted by atomic mass is 32.1. The van der Waals surface area contributed by atoms with Gasteiger partial charge in [-0.15, -0.1) is 11.3 Å². The van der Waals surface area contributed by atoms with Gasteiger partial charge in [0.1, 0.15) is 5.00 Å². The molecule has 4 bridgehead atoms. The van der Waals surface area contributed by atoms with E-state index in [-0.39, 0.29) is 30.5 Å². The maximum absolute atomic E-state index is 12.6. The van der Waals surface area contributed by atoms with Crippen molar-refractivity contribution < 1.29 is 23.9 Å². The molecule has 1 aromatic heterocycles. The topological polar surface area (TPSA) is 81.7 Å². The Kier molecular flexibility index (Phi) is 6.42. The van der Waals surface area contributed by atoms with Crippen LogP contribution in [0.5, 0.6) is 0 Å². The normalized spacial score (nSPS) is 28.6. The number of thiophene rings is 1. The largest absolute Gasteiger partial charge is 0.462 e. The number of nitrogens with one attached hydrogen (secondary N) is 1. The van der Waals surface area contributed by atoms with Crippen LogP contribution in [-0.2, 0) is 19.1 Å². The maximum atomic E-state index is 12.6. The lowest BCUT2D eigenvalue weighted by Crippen LogP contribution is -2.47. The number of hydrogen-bond acceptors (Lipinski definition) is 6. The predicted molar refractivity (Wildman–Crippen MR) is 119 cm³/mol. The van der Waals surface area contributed by atoms with Crippen LogP contribution in [-0.4, -0.2) is 31.1 Å². The van der Waals surface area contributed by atoms with E-state index in [1.165, 1.54) is 30.6 Å². The van der Waals surface area contributed by atoms with Crippen molar-refractivity contribution in [3.63, 3.8) is 0 Å². The summed E-state index contributed by atoms with van der Waals surface area (Å²) < 4.78 is 10.5. The Balaban J connectivity index is 1.32. The quantitative estimate of drug-likeness (QED) is 0.558. The molecule has 0 atom stereocenters. The standard InChI is InChI=1S/C24H33NO5S/c1-4-29-23(28)18-8-19(14(2)3)31-22(18)25-20(26)13-30-21(27)12-24-9-15-5-16(10-24)7-17(6-15)11-24/h8,14-17H,4-7,9-13H2,1-3H3,(H,25,26). The highest BCUT2D eigenvalue weighted by Gasteiger charge is 2.51.